The molecule has 3 rings (SSSR count). The lowest BCUT2D eigenvalue weighted by molar-refractivity contribution is 0.797. The van der Waals surface area contributed by atoms with Gasteiger partial charge in [0, 0.05) is 11.6 Å². The van der Waals surface area contributed by atoms with Crippen LogP contribution in [0.15, 0.2) is 60.8 Å². The monoisotopic (exact) mass is 264 g/mol. The molecule has 0 saturated heterocycles. The lowest BCUT2D eigenvalue weighted by Gasteiger charge is -2.13. The van der Waals surface area contributed by atoms with E-state index in [9.17, 15) is 0 Å². The van der Waals surface area contributed by atoms with Gasteiger partial charge in [0.2, 0.25) is 0 Å². The van der Waals surface area contributed by atoms with Crippen molar-refractivity contribution in [1.82, 2.24) is 15.0 Å². The van der Waals surface area contributed by atoms with Gasteiger partial charge in [-0.1, -0.05) is 47.7 Å². The number of nitrogens with two attached hydrogens (primary N) is 1. The highest BCUT2D eigenvalue weighted by atomic mass is 15.4. The molecule has 3 aromatic rings. The molecule has 20 heavy (non-hydrogen) atoms. The maximum Gasteiger partial charge on any atom is 0.0947 e. The first-order valence-corrected chi connectivity index (χ1v) is 6.58. The van der Waals surface area contributed by atoms with Crippen molar-refractivity contribution in [3.8, 4) is 16.9 Å². The molecule has 0 bridgehead atoms. The average molecular weight is 264 g/mol. The van der Waals surface area contributed by atoms with E-state index in [1.807, 2.05) is 60.1 Å². The van der Waals surface area contributed by atoms with Crippen LogP contribution in [-0.4, -0.2) is 15.0 Å². The van der Waals surface area contributed by atoms with Crippen LogP contribution in [0.4, 0.5) is 0 Å². The summed E-state index contributed by atoms with van der Waals surface area (Å²) in [5.41, 5.74) is 10.1. The zero-order valence-electron chi connectivity index (χ0n) is 11.3. The molecule has 0 saturated carbocycles. The molecule has 0 radical (unpaired) electrons. The Bertz CT molecular complexity index is 701. The van der Waals surface area contributed by atoms with E-state index >= 15 is 0 Å². The lowest BCUT2D eigenvalue weighted by Crippen LogP contribution is -2.08. The van der Waals surface area contributed by atoms with Gasteiger partial charge in [0.25, 0.3) is 0 Å². The summed E-state index contributed by atoms with van der Waals surface area (Å²) in [6, 6.07) is 18.0. The van der Waals surface area contributed by atoms with E-state index in [4.69, 9.17) is 5.73 Å². The van der Waals surface area contributed by atoms with Crippen molar-refractivity contribution in [2.75, 3.05) is 0 Å². The summed E-state index contributed by atoms with van der Waals surface area (Å²) in [5, 5.41) is 8.24. The Balaban J connectivity index is 2.16. The normalized spacial score (nSPS) is 12.3. The number of aromatic nitrogens is 3. The number of benzene rings is 2. The van der Waals surface area contributed by atoms with E-state index in [0.29, 0.717) is 0 Å². The van der Waals surface area contributed by atoms with Gasteiger partial charge in [-0.3, -0.25) is 0 Å². The Kier molecular flexibility index (Phi) is 3.31. The fourth-order valence-corrected chi connectivity index (χ4v) is 2.31. The van der Waals surface area contributed by atoms with Crippen LogP contribution < -0.4 is 5.73 Å². The summed E-state index contributed by atoms with van der Waals surface area (Å²) in [6.45, 7) is 1.98. The van der Waals surface area contributed by atoms with Crippen LogP contribution in [-0.2, 0) is 0 Å². The minimum Gasteiger partial charge on any atom is -0.324 e. The zero-order chi connectivity index (χ0) is 13.9. The molecular weight excluding hydrogens is 248 g/mol. The Morgan fingerprint density at radius 2 is 1.70 bits per heavy atom. The molecule has 4 nitrogen and oxygen atoms in total. The number of para-hydroxylation sites is 1. The Hall–Kier alpha value is -2.46. The zero-order valence-corrected chi connectivity index (χ0v) is 11.3. The van der Waals surface area contributed by atoms with Crippen LogP contribution in [0.2, 0.25) is 0 Å². The second kappa shape index (κ2) is 5.27. The largest absolute Gasteiger partial charge is 0.324 e. The SMILES string of the molecule is CC(N)c1ccccc1-c1cnnn1-c1ccccc1. The molecule has 1 aromatic heterocycles. The maximum absolute atomic E-state index is 6.06. The van der Waals surface area contributed by atoms with Crippen molar-refractivity contribution >= 4 is 0 Å². The number of rotatable bonds is 3. The predicted octanol–water partition coefficient (Wildman–Crippen LogP) is 2.95. The summed E-state index contributed by atoms with van der Waals surface area (Å²) in [5.74, 6) is 0. The van der Waals surface area contributed by atoms with Crippen molar-refractivity contribution in [1.29, 1.82) is 0 Å². The predicted molar refractivity (Wildman–Crippen MR) is 79.4 cm³/mol. The van der Waals surface area contributed by atoms with Crippen LogP contribution in [0.3, 0.4) is 0 Å². The molecular formula is C16H16N4. The second-order valence-electron chi connectivity index (χ2n) is 4.74. The van der Waals surface area contributed by atoms with Crippen LogP contribution in [0.5, 0.6) is 0 Å². The molecule has 2 N–H and O–H groups in total. The summed E-state index contributed by atoms with van der Waals surface area (Å²) in [4.78, 5) is 0. The van der Waals surface area contributed by atoms with E-state index in [1.54, 1.807) is 6.20 Å². The van der Waals surface area contributed by atoms with Crippen molar-refractivity contribution in [3.05, 3.63) is 66.4 Å². The first-order valence-electron chi connectivity index (χ1n) is 6.58. The number of hydrogen-bond donors (Lipinski definition) is 1. The number of nitrogens with zero attached hydrogens (tertiary/aromatic N) is 3. The summed E-state index contributed by atoms with van der Waals surface area (Å²) < 4.78 is 1.83. The van der Waals surface area contributed by atoms with Gasteiger partial charge in [-0.05, 0) is 24.6 Å². The topological polar surface area (TPSA) is 56.7 Å². The molecule has 1 atom stereocenters. The summed E-state index contributed by atoms with van der Waals surface area (Å²) in [7, 11) is 0. The van der Waals surface area contributed by atoms with Crippen LogP contribution in [0, 0.1) is 0 Å². The Labute approximate surface area is 117 Å². The molecule has 0 aliphatic rings. The van der Waals surface area contributed by atoms with E-state index in [0.717, 1.165) is 22.5 Å². The Morgan fingerprint density at radius 1 is 1.00 bits per heavy atom. The van der Waals surface area contributed by atoms with Crippen LogP contribution >= 0.6 is 0 Å². The molecule has 0 aliphatic heterocycles. The van der Waals surface area contributed by atoms with Crippen molar-refractivity contribution in [2.24, 2.45) is 5.73 Å². The molecule has 2 aromatic carbocycles. The highest BCUT2D eigenvalue weighted by Gasteiger charge is 2.13. The fraction of sp³-hybridized carbons (Fsp3) is 0.125. The maximum atomic E-state index is 6.06. The molecule has 100 valence electrons. The summed E-state index contributed by atoms with van der Waals surface area (Å²) in [6.07, 6.45) is 1.77. The molecule has 1 unspecified atom stereocenters. The smallest absolute Gasteiger partial charge is 0.0947 e. The third kappa shape index (κ3) is 2.21. The highest BCUT2D eigenvalue weighted by Crippen LogP contribution is 2.27. The van der Waals surface area contributed by atoms with E-state index in [-0.39, 0.29) is 6.04 Å². The van der Waals surface area contributed by atoms with E-state index < -0.39 is 0 Å². The fourth-order valence-electron chi connectivity index (χ4n) is 2.31. The van der Waals surface area contributed by atoms with E-state index in [2.05, 4.69) is 16.4 Å². The second-order valence-corrected chi connectivity index (χ2v) is 4.74. The highest BCUT2D eigenvalue weighted by molar-refractivity contribution is 5.65. The molecule has 0 spiro atoms. The minimum absolute atomic E-state index is 0.0367. The quantitative estimate of drug-likeness (QED) is 0.791. The third-order valence-corrected chi connectivity index (χ3v) is 3.28. The van der Waals surface area contributed by atoms with Crippen molar-refractivity contribution in [3.63, 3.8) is 0 Å². The Morgan fingerprint density at radius 3 is 2.45 bits per heavy atom. The van der Waals surface area contributed by atoms with Crippen molar-refractivity contribution in [2.45, 2.75) is 13.0 Å². The minimum atomic E-state index is -0.0367. The lowest BCUT2D eigenvalue weighted by atomic mass is 10.00. The van der Waals surface area contributed by atoms with Gasteiger partial charge < -0.3 is 5.73 Å². The first-order chi connectivity index (χ1) is 9.77. The van der Waals surface area contributed by atoms with Gasteiger partial charge in [-0.2, -0.15) is 0 Å². The van der Waals surface area contributed by atoms with Gasteiger partial charge in [-0.25, -0.2) is 4.68 Å². The first kappa shape index (κ1) is 12.6. The van der Waals surface area contributed by atoms with Crippen molar-refractivity contribution < 1.29 is 0 Å². The van der Waals surface area contributed by atoms with Gasteiger partial charge in [0.1, 0.15) is 0 Å². The third-order valence-electron chi connectivity index (χ3n) is 3.28. The molecule has 0 fully saturated rings. The molecule has 1 heterocycles. The van der Waals surface area contributed by atoms with Gasteiger partial charge in [-0.15, -0.1) is 5.10 Å². The summed E-state index contributed by atoms with van der Waals surface area (Å²) >= 11 is 0. The van der Waals surface area contributed by atoms with E-state index in [1.165, 1.54) is 0 Å². The van der Waals surface area contributed by atoms with Crippen LogP contribution in [0.1, 0.15) is 18.5 Å². The van der Waals surface area contributed by atoms with Gasteiger partial charge in [0.15, 0.2) is 0 Å². The average Bonchev–Trinajstić information content (AvgIpc) is 2.97. The standard InChI is InChI=1S/C16H16N4/c1-12(17)14-9-5-6-10-15(14)16-11-18-19-20(16)13-7-3-2-4-8-13/h2-12H,17H2,1H3. The molecule has 4 heteroatoms. The molecule has 0 aliphatic carbocycles. The number of hydrogen-bond acceptors (Lipinski definition) is 3. The molecule has 0 amide bonds. The van der Waals surface area contributed by atoms with Crippen LogP contribution in [0.25, 0.3) is 16.9 Å². The van der Waals surface area contributed by atoms with Gasteiger partial charge >= 0.3 is 0 Å². The van der Waals surface area contributed by atoms with Gasteiger partial charge in [0.05, 0.1) is 17.6 Å².